The number of pyridine rings is 2. The fraction of sp³-hybridized carbons (Fsp3) is 0.0526. The average Bonchev–Trinajstić information content (AvgIpc) is 3.48. The average molecular weight is 417 g/mol. The molecule has 10 nitrogen and oxygen atoms in total. The second kappa shape index (κ2) is 7.72. The highest BCUT2D eigenvalue weighted by atomic mass is 32.1. The first-order valence-corrected chi connectivity index (χ1v) is 9.82. The van der Waals surface area contributed by atoms with E-state index in [4.69, 9.17) is 0 Å². The summed E-state index contributed by atoms with van der Waals surface area (Å²) >= 11 is 1.25. The standard InChI is InChI=1S/C19H15N9OS/c29-18(24-19-26-25-17(30-19)15-5-1-3-7-20-15)23-13-9-21-28(11-13)12-14-10-27-8-4-2-6-16(27)22-14/h1-11H,12H2,(H2,23,24,26,29). The molecule has 0 radical (unpaired) electrons. The minimum absolute atomic E-state index is 0.380. The zero-order valence-electron chi connectivity index (χ0n) is 15.5. The van der Waals surface area contributed by atoms with Crippen LogP contribution >= 0.6 is 11.3 Å². The smallest absolute Gasteiger partial charge is 0.307 e. The lowest BCUT2D eigenvalue weighted by Gasteiger charge is -2.01. The summed E-state index contributed by atoms with van der Waals surface area (Å²) in [4.78, 5) is 21.0. The monoisotopic (exact) mass is 417 g/mol. The quantitative estimate of drug-likeness (QED) is 0.454. The van der Waals surface area contributed by atoms with Crippen LogP contribution in [0.1, 0.15) is 5.69 Å². The van der Waals surface area contributed by atoms with Crippen molar-refractivity contribution in [3.05, 3.63) is 73.1 Å². The molecule has 11 heteroatoms. The predicted octanol–water partition coefficient (Wildman–Crippen LogP) is 3.14. The number of nitrogens with zero attached hydrogens (tertiary/aromatic N) is 7. The fourth-order valence-corrected chi connectivity index (χ4v) is 3.59. The van der Waals surface area contributed by atoms with E-state index in [0.29, 0.717) is 28.1 Å². The van der Waals surface area contributed by atoms with E-state index in [-0.39, 0.29) is 0 Å². The molecule has 0 fully saturated rings. The second-order valence-corrected chi connectivity index (χ2v) is 7.31. The van der Waals surface area contributed by atoms with Crippen LogP contribution in [0.25, 0.3) is 16.3 Å². The number of hydrogen-bond acceptors (Lipinski definition) is 7. The first kappa shape index (κ1) is 17.9. The van der Waals surface area contributed by atoms with Gasteiger partial charge in [0.2, 0.25) is 5.13 Å². The van der Waals surface area contributed by atoms with E-state index < -0.39 is 6.03 Å². The molecule has 5 aromatic rings. The second-order valence-electron chi connectivity index (χ2n) is 6.33. The normalized spacial score (nSPS) is 10.9. The fourth-order valence-electron chi connectivity index (χ4n) is 2.87. The van der Waals surface area contributed by atoms with Gasteiger partial charge in [0, 0.05) is 24.8 Å². The van der Waals surface area contributed by atoms with Crippen molar-refractivity contribution in [3.8, 4) is 10.7 Å². The third-order valence-electron chi connectivity index (χ3n) is 4.16. The van der Waals surface area contributed by atoms with Gasteiger partial charge in [0.05, 0.1) is 24.1 Å². The van der Waals surface area contributed by atoms with Crippen molar-refractivity contribution in [2.24, 2.45) is 0 Å². The number of carbonyl (C=O) groups is 1. The highest BCUT2D eigenvalue weighted by molar-refractivity contribution is 7.18. The molecule has 0 saturated heterocycles. The van der Waals surface area contributed by atoms with Crippen LogP contribution in [0.4, 0.5) is 15.6 Å². The third-order valence-corrected chi connectivity index (χ3v) is 5.02. The molecule has 0 aliphatic rings. The highest BCUT2D eigenvalue weighted by Crippen LogP contribution is 2.24. The van der Waals surface area contributed by atoms with E-state index in [1.54, 1.807) is 23.3 Å². The van der Waals surface area contributed by atoms with Gasteiger partial charge in [-0.3, -0.25) is 15.0 Å². The van der Waals surface area contributed by atoms with Gasteiger partial charge < -0.3 is 9.72 Å². The predicted molar refractivity (Wildman–Crippen MR) is 112 cm³/mol. The maximum atomic E-state index is 12.3. The highest BCUT2D eigenvalue weighted by Gasteiger charge is 2.11. The summed E-state index contributed by atoms with van der Waals surface area (Å²) in [6.07, 6.45) is 8.89. The number of anilines is 2. The molecule has 0 aliphatic carbocycles. The Morgan fingerprint density at radius 3 is 2.87 bits per heavy atom. The molecule has 0 saturated carbocycles. The van der Waals surface area contributed by atoms with Crippen LogP contribution in [0.2, 0.25) is 0 Å². The van der Waals surface area contributed by atoms with Gasteiger partial charge in [0.15, 0.2) is 5.01 Å². The zero-order chi connectivity index (χ0) is 20.3. The maximum absolute atomic E-state index is 12.3. The number of nitrogens with one attached hydrogen (secondary N) is 2. The van der Waals surface area contributed by atoms with Crippen molar-refractivity contribution in [1.29, 1.82) is 0 Å². The molecule has 5 aromatic heterocycles. The van der Waals surface area contributed by atoms with Crippen LogP contribution in [-0.4, -0.2) is 40.4 Å². The Balaban J connectivity index is 1.21. The van der Waals surface area contributed by atoms with Crippen molar-refractivity contribution >= 4 is 33.8 Å². The van der Waals surface area contributed by atoms with Gasteiger partial charge in [0.1, 0.15) is 11.3 Å². The van der Waals surface area contributed by atoms with Crippen LogP contribution in [0.15, 0.2) is 67.4 Å². The van der Waals surface area contributed by atoms with Crippen LogP contribution in [-0.2, 0) is 6.54 Å². The molecule has 2 N–H and O–H groups in total. The van der Waals surface area contributed by atoms with Crippen LogP contribution in [0, 0.1) is 0 Å². The molecule has 0 spiro atoms. The van der Waals surface area contributed by atoms with Crippen LogP contribution < -0.4 is 10.6 Å². The number of amides is 2. The van der Waals surface area contributed by atoms with E-state index in [0.717, 1.165) is 11.3 Å². The molecule has 5 heterocycles. The van der Waals surface area contributed by atoms with E-state index in [1.165, 1.54) is 11.3 Å². The zero-order valence-corrected chi connectivity index (χ0v) is 16.3. The molecule has 0 bridgehead atoms. The Hall–Kier alpha value is -4.12. The minimum Gasteiger partial charge on any atom is -0.307 e. The molecule has 148 valence electrons. The summed E-state index contributed by atoms with van der Waals surface area (Å²) in [6, 6.07) is 10.9. The van der Waals surface area contributed by atoms with Gasteiger partial charge in [-0.1, -0.05) is 23.5 Å². The van der Waals surface area contributed by atoms with Crippen molar-refractivity contribution < 1.29 is 4.79 Å². The SMILES string of the molecule is O=C(Nc1cnn(Cc2cn3ccccc3n2)c1)Nc1nnc(-c2ccccn2)s1. The van der Waals surface area contributed by atoms with Gasteiger partial charge in [-0.05, 0) is 24.3 Å². The summed E-state index contributed by atoms with van der Waals surface area (Å²) in [7, 11) is 0. The lowest BCUT2D eigenvalue weighted by atomic mass is 10.4. The Kier molecular flexibility index (Phi) is 4.62. The van der Waals surface area contributed by atoms with Gasteiger partial charge in [-0.15, -0.1) is 10.2 Å². The molecule has 0 aromatic carbocycles. The Labute approximate surface area is 174 Å². The number of fused-ring (bicyclic) bond motifs is 1. The van der Waals surface area contributed by atoms with E-state index in [9.17, 15) is 4.79 Å². The molecule has 0 atom stereocenters. The summed E-state index contributed by atoms with van der Waals surface area (Å²) in [5.74, 6) is 0. The molecular weight excluding hydrogens is 402 g/mol. The number of carbonyl (C=O) groups excluding carboxylic acids is 1. The molecule has 0 unspecified atom stereocenters. The summed E-state index contributed by atoms with van der Waals surface area (Å²) in [6.45, 7) is 0.495. The Morgan fingerprint density at radius 1 is 1.07 bits per heavy atom. The first-order valence-electron chi connectivity index (χ1n) is 9.01. The molecule has 2 amide bonds. The summed E-state index contributed by atoms with van der Waals surface area (Å²) < 4.78 is 3.66. The van der Waals surface area contributed by atoms with E-state index in [2.05, 4.69) is 35.9 Å². The third kappa shape index (κ3) is 3.86. The van der Waals surface area contributed by atoms with Gasteiger partial charge >= 0.3 is 6.03 Å². The summed E-state index contributed by atoms with van der Waals surface area (Å²) in [5, 5.41) is 18.7. The number of urea groups is 1. The van der Waals surface area contributed by atoms with Crippen LogP contribution in [0.3, 0.4) is 0 Å². The van der Waals surface area contributed by atoms with E-state index >= 15 is 0 Å². The largest absolute Gasteiger partial charge is 0.325 e. The lowest BCUT2D eigenvalue weighted by molar-refractivity contribution is 0.262. The topological polar surface area (TPSA) is 115 Å². The lowest BCUT2D eigenvalue weighted by Crippen LogP contribution is -2.19. The number of imidazole rings is 1. The van der Waals surface area contributed by atoms with Crippen LogP contribution in [0.5, 0.6) is 0 Å². The first-order chi connectivity index (χ1) is 14.7. The summed E-state index contributed by atoms with van der Waals surface area (Å²) in [5.41, 5.74) is 3.01. The molecular formula is C19H15N9OS. The minimum atomic E-state index is -0.425. The Bertz CT molecular complexity index is 1270. The molecule has 30 heavy (non-hydrogen) atoms. The van der Waals surface area contributed by atoms with Gasteiger partial charge in [0.25, 0.3) is 0 Å². The van der Waals surface area contributed by atoms with Crippen molar-refractivity contribution in [1.82, 2.24) is 34.3 Å². The van der Waals surface area contributed by atoms with Crippen molar-refractivity contribution in [3.63, 3.8) is 0 Å². The molecule has 0 aliphatic heterocycles. The number of hydrogen-bond donors (Lipinski definition) is 2. The van der Waals surface area contributed by atoms with E-state index in [1.807, 2.05) is 53.2 Å². The Morgan fingerprint density at radius 2 is 2.00 bits per heavy atom. The maximum Gasteiger partial charge on any atom is 0.325 e. The van der Waals surface area contributed by atoms with Crippen molar-refractivity contribution in [2.45, 2.75) is 6.54 Å². The van der Waals surface area contributed by atoms with Gasteiger partial charge in [-0.25, -0.2) is 9.78 Å². The number of aromatic nitrogens is 7. The van der Waals surface area contributed by atoms with Gasteiger partial charge in [-0.2, -0.15) is 5.10 Å². The number of rotatable bonds is 5. The molecule has 5 rings (SSSR count). The van der Waals surface area contributed by atoms with Crippen molar-refractivity contribution in [2.75, 3.05) is 10.6 Å².